The van der Waals surface area contributed by atoms with Crippen molar-refractivity contribution in [3.05, 3.63) is 70.8 Å². The molecule has 6 heteroatoms. The van der Waals surface area contributed by atoms with E-state index in [2.05, 4.69) is 29.6 Å². The zero-order valence-electron chi connectivity index (χ0n) is 22.1. The van der Waals surface area contributed by atoms with Crippen LogP contribution in [0.15, 0.2) is 48.5 Å². The Kier molecular flexibility index (Phi) is 7.63. The van der Waals surface area contributed by atoms with E-state index >= 15 is 0 Å². The molecule has 2 heterocycles. The van der Waals surface area contributed by atoms with E-state index in [0.29, 0.717) is 37.5 Å². The van der Waals surface area contributed by atoms with Crippen LogP contribution in [-0.2, 0) is 22.7 Å². The van der Waals surface area contributed by atoms with E-state index in [1.165, 1.54) is 37.7 Å². The molecule has 2 atom stereocenters. The van der Waals surface area contributed by atoms with Crippen LogP contribution in [0.2, 0.25) is 0 Å². The Morgan fingerprint density at radius 3 is 2.38 bits per heavy atom. The molecule has 1 saturated heterocycles. The largest absolute Gasteiger partial charge is 0.350 e. The summed E-state index contributed by atoms with van der Waals surface area (Å²) in [7, 11) is 0. The summed E-state index contributed by atoms with van der Waals surface area (Å²) in [6, 6.07) is 15.1. The number of hydrogen-bond donors (Lipinski definition) is 1. The van der Waals surface area contributed by atoms with Gasteiger partial charge in [0.1, 0.15) is 12.1 Å². The number of rotatable bonds is 7. The normalized spacial score (nSPS) is 20.8. The number of likely N-dealkylation sites (tertiary alicyclic amines) is 1. The summed E-state index contributed by atoms with van der Waals surface area (Å²) < 4.78 is 0. The van der Waals surface area contributed by atoms with Gasteiger partial charge in [0.2, 0.25) is 11.8 Å². The van der Waals surface area contributed by atoms with Crippen LogP contribution in [0.4, 0.5) is 0 Å². The van der Waals surface area contributed by atoms with Gasteiger partial charge in [-0.05, 0) is 60.3 Å². The molecule has 5 rings (SSSR count). The first-order chi connectivity index (χ1) is 17.9. The minimum absolute atomic E-state index is 0.0576. The van der Waals surface area contributed by atoms with Crippen LogP contribution in [0.3, 0.4) is 0 Å². The molecule has 196 valence electrons. The molecular formula is C31H39N3O3. The molecule has 3 amide bonds. The molecule has 3 aliphatic rings. The average molecular weight is 502 g/mol. The predicted octanol–water partition coefficient (Wildman–Crippen LogP) is 5.02. The van der Waals surface area contributed by atoms with E-state index in [9.17, 15) is 14.4 Å². The standard InChI is InChI=1S/C31H39N3O3/c1-21(2)28(34-20-25-11-6-7-12-26(25)30(34)36)31(37)33-18-8-13-27(33)29(35)32-19-22-14-16-24(17-15-22)23-9-4-3-5-10-23/h6-7,11-12,14-17,21,23,27-28H,3-5,8-10,13,18-20H2,1-2H3,(H,32,35). The van der Waals surface area contributed by atoms with Gasteiger partial charge in [-0.1, -0.05) is 75.6 Å². The first-order valence-electron chi connectivity index (χ1n) is 14.0. The van der Waals surface area contributed by atoms with Crippen LogP contribution < -0.4 is 5.32 Å². The van der Waals surface area contributed by atoms with Crippen molar-refractivity contribution in [1.29, 1.82) is 0 Å². The molecule has 1 aliphatic carbocycles. The van der Waals surface area contributed by atoms with Crippen molar-refractivity contribution in [2.24, 2.45) is 5.92 Å². The van der Waals surface area contributed by atoms with Gasteiger partial charge < -0.3 is 15.1 Å². The number of carbonyl (C=O) groups is 3. The molecular weight excluding hydrogens is 462 g/mol. The number of amides is 3. The van der Waals surface area contributed by atoms with Crippen molar-refractivity contribution in [3.8, 4) is 0 Å². The van der Waals surface area contributed by atoms with Gasteiger partial charge >= 0.3 is 0 Å². The van der Waals surface area contributed by atoms with Gasteiger partial charge in [0.25, 0.3) is 5.91 Å². The molecule has 2 aliphatic heterocycles. The average Bonchev–Trinajstić information content (AvgIpc) is 3.54. The second-order valence-corrected chi connectivity index (χ2v) is 11.3. The Balaban J connectivity index is 1.22. The highest BCUT2D eigenvalue weighted by Gasteiger charge is 2.43. The maximum atomic E-state index is 13.8. The van der Waals surface area contributed by atoms with Gasteiger partial charge in [0.05, 0.1) is 0 Å². The van der Waals surface area contributed by atoms with E-state index in [1.54, 1.807) is 9.80 Å². The van der Waals surface area contributed by atoms with Crippen LogP contribution in [0.1, 0.15) is 91.8 Å². The Bertz CT molecular complexity index is 1140. The van der Waals surface area contributed by atoms with Gasteiger partial charge in [0, 0.05) is 25.2 Å². The highest BCUT2D eigenvalue weighted by atomic mass is 16.2. The molecule has 0 spiro atoms. The second-order valence-electron chi connectivity index (χ2n) is 11.3. The van der Waals surface area contributed by atoms with Gasteiger partial charge in [-0.2, -0.15) is 0 Å². The zero-order valence-corrected chi connectivity index (χ0v) is 22.1. The first-order valence-corrected chi connectivity index (χ1v) is 14.0. The molecule has 1 N–H and O–H groups in total. The topological polar surface area (TPSA) is 69.7 Å². The van der Waals surface area contributed by atoms with E-state index in [0.717, 1.165) is 17.5 Å². The van der Waals surface area contributed by atoms with Crippen molar-refractivity contribution >= 4 is 17.7 Å². The molecule has 6 nitrogen and oxygen atoms in total. The van der Waals surface area contributed by atoms with Gasteiger partial charge in [-0.3, -0.25) is 14.4 Å². The van der Waals surface area contributed by atoms with Crippen molar-refractivity contribution < 1.29 is 14.4 Å². The summed E-state index contributed by atoms with van der Waals surface area (Å²) in [5.74, 6) is 0.281. The van der Waals surface area contributed by atoms with Gasteiger partial charge in [0.15, 0.2) is 0 Å². The molecule has 2 aromatic rings. The summed E-state index contributed by atoms with van der Waals surface area (Å²) in [5.41, 5.74) is 4.10. The van der Waals surface area contributed by atoms with E-state index in [1.807, 2.05) is 38.1 Å². The SMILES string of the molecule is CC(C)C(C(=O)N1CCCC1C(=O)NCc1ccc(C2CCCCC2)cc1)N1Cc2ccccc2C1=O. The van der Waals surface area contributed by atoms with Crippen LogP contribution in [0.5, 0.6) is 0 Å². The maximum absolute atomic E-state index is 13.8. The third-order valence-corrected chi connectivity index (χ3v) is 8.43. The molecule has 1 saturated carbocycles. The number of nitrogens with one attached hydrogen (secondary N) is 1. The minimum Gasteiger partial charge on any atom is -0.350 e. The van der Waals surface area contributed by atoms with Crippen molar-refractivity contribution in [3.63, 3.8) is 0 Å². The maximum Gasteiger partial charge on any atom is 0.255 e. The van der Waals surface area contributed by atoms with Gasteiger partial charge in [-0.25, -0.2) is 0 Å². The summed E-state index contributed by atoms with van der Waals surface area (Å²) in [6.45, 7) is 5.38. The number of nitrogens with zero attached hydrogens (tertiary/aromatic N) is 2. The zero-order chi connectivity index (χ0) is 25.9. The molecule has 0 aromatic heterocycles. The fourth-order valence-corrected chi connectivity index (χ4v) is 6.40. The van der Waals surface area contributed by atoms with E-state index in [4.69, 9.17) is 0 Å². The fraction of sp³-hybridized carbons (Fsp3) is 0.516. The lowest BCUT2D eigenvalue weighted by atomic mass is 9.84. The minimum atomic E-state index is -0.583. The number of benzene rings is 2. The molecule has 0 bridgehead atoms. The van der Waals surface area contributed by atoms with Crippen LogP contribution in [0.25, 0.3) is 0 Å². The lowest BCUT2D eigenvalue weighted by molar-refractivity contribution is -0.143. The Hall–Kier alpha value is -3.15. The molecule has 37 heavy (non-hydrogen) atoms. The third-order valence-electron chi connectivity index (χ3n) is 8.43. The quantitative estimate of drug-likeness (QED) is 0.579. The lowest BCUT2D eigenvalue weighted by Crippen LogP contribution is -2.55. The highest BCUT2D eigenvalue weighted by Crippen LogP contribution is 2.33. The molecule has 0 radical (unpaired) electrons. The number of fused-ring (bicyclic) bond motifs is 1. The summed E-state index contributed by atoms with van der Waals surface area (Å²) in [4.78, 5) is 43.6. The predicted molar refractivity (Wildman–Crippen MR) is 144 cm³/mol. The molecule has 2 aromatic carbocycles. The van der Waals surface area contributed by atoms with Crippen molar-refractivity contribution in [2.75, 3.05) is 6.54 Å². The smallest absolute Gasteiger partial charge is 0.255 e. The van der Waals surface area contributed by atoms with E-state index in [-0.39, 0.29) is 23.6 Å². The summed E-state index contributed by atoms with van der Waals surface area (Å²) in [6.07, 6.45) is 7.96. The van der Waals surface area contributed by atoms with E-state index < -0.39 is 12.1 Å². The van der Waals surface area contributed by atoms with Crippen molar-refractivity contribution in [2.45, 2.75) is 89.9 Å². The number of hydrogen-bond acceptors (Lipinski definition) is 3. The Morgan fingerprint density at radius 1 is 0.946 bits per heavy atom. The summed E-state index contributed by atoms with van der Waals surface area (Å²) in [5, 5.41) is 3.07. The fourth-order valence-electron chi connectivity index (χ4n) is 6.40. The third kappa shape index (κ3) is 5.29. The monoisotopic (exact) mass is 501 g/mol. The lowest BCUT2D eigenvalue weighted by Gasteiger charge is -2.35. The molecule has 2 unspecified atom stereocenters. The van der Waals surface area contributed by atoms with Crippen LogP contribution >= 0.6 is 0 Å². The first kappa shape index (κ1) is 25.5. The molecule has 2 fully saturated rings. The van der Waals surface area contributed by atoms with Crippen LogP contribution in [0, 0.1) is 5.92 Å². The van der Waals surface area contributed by atoms with Crippen molar-refractivity contribution in [1.82, 2.24) is 15.1 Å². The Labute approximate surface area is 220 Å². The van der Waals surface area contributed by atoms with Crippen LogP contribution in [-0.4, -0.2) is 46.1 Å². The van der Waals surface area contributed by atoms with Gasteiger partial charge in [-0.15, -0.1) is 0 Å². The number of carbonyl (C=O) groups excluding carboxylic acids is 3. The highest BCUT2D eigenvalue weighted by molar-refractivity contribution is 6.01. The Morgan fingerprint density at radius 2 is 1.68 bits per heavy atom. The summed E-state index contributed by atoms with van der Waals surface area (Å²) >= 11 is 0. The second kappa shape index (κ2) is 11.1.